The Bertz CT molecular complexity index is 593. The van der Waals surface area contributed by atoms with Crippen LogP contribution in [-0.2, 0) is 0 Å². The highest BCUT2D eigenvalue weighted by Gasteiger charge is 2.04. The molecule has 18 heavy (non-hydrogen) atoms. The minimum atomic E-state index is -0.415. The van der Waals surface area contributed by atoms with Gasteiger partial charge in [-0.25, -0.2) is 9.95 Å². The minimum absolute atomic E-state index is 0.415. The van der Waals surface area contributed by atoms with E-state index >= 15 is 0 Å². The first-order valence-corrected chi connectivity index (χ1v) is 5.65. The predicted octanol–water partition coefficient (Wildman–Crippen LogP) is 2.43. The minimum Gasteiger partial charge on any atom is -0.494 e. The van der Waals surface area contributed by atoms with E-state index < -0.39 is 5.63 Å². The summed E-state index contributed by atoms with van der Waals surface area (Å²) in [7, 11) is 0. The lowest BCUT2D eigenvalue weighted by atomic mass is 10.3. The Labute approximate surface area is 104 Å². The molecular weight excluding hydrogens is 232 g/mol. The van der Waals surface area contributed by atoms with Crippen molar-refractivity contribution in [2.45, 2.75) is 13.8 Å². The zero-order valence-corrected chi connectivity index (χ0v) is 10.3. The third-order valence-corrected chi connectivity index (χ3v) is 2.41. The monoisotopic (exact) mass is 246 g/mol. The van der Waals surface area contributed by atoms with E-state index in [1.54, 1.807) is 6.92 Å². The molecule has 0 saturated carbocycles. The Balaban J connectivity index is 2.16. The van der Waals surface area contributed by atoms with Gasteiger partial charge in [0.25, 0.3) is 0 Å². The molecule has 94 valence electrons. The van der Waals surface area contributed by atoms with Crippen LogP contribution in [0.15, 0.2) is 38.6 Å². The zero-order valence-electron chi connectivity index (χ0n) is 10.3. The molecule has 0 aliphatic rings. The van der Waals surface area contributed by atoms with Gasteiger partial charge in [0.2, 0.25) is 0 Å². The molecule has 0 unspecified atom stereocenters. The molecule has 1 aromatic heterocycles. The highest BCUT2D eigenvalue weighted by atomic mass is 16.5. The number of nitrogens with one attached hydrogen (secondary N) is 1. The summed E-state index contributed by atoms with van der Waals surface area (Å²) in [4.78, 5) is 15.5. The maximum Gasteiger partial charge on any atom is 0.366 e. The zero-order chi connectivity index (χ0) is 13.0. The van der Waals surface area contributed by atoms with Crippen molar-refractivity contribution >= 4 is 11.9 Å². The molecule has 1 aromatic carbocycles. The first-order chi connectivity index (χ1) is 8.70. The van der Waals surface area contributed by atoms with Gasteiger partial charge >= 0.3 is 5.63 Å². The fourth-order valence-corrected chi connectivity index (χ4v) is 1.47. The molecule has 0 radical (unpaired) electrons. The van der Waals surface area contributed by atoms with Crippen LogP contribution in [0.4, 0.5) is 5.69 Å². The van der Waals surface area contributed by atoms with Crippen molar-refractivity contribution in [2.24, 2.45) is 4.99 Å². The van der Waals surface area contributed by atoms with Gasteiger partial charge in [0.1, 0.15) is 11.3 Å². The number of aliphatic imine (C=N–C) groups is 1. The summed E-state index contributed by atoms with van der Waals surface area (Å²) in [5, 5.41) is 2.50. The van der Waals surface area contributed by atoms with Gasteiger partial charge in [-0.05, 0) is 38.1 Å². The Morgan fingerprint density at radius 3 is 2.67 bits per heavy atom. The standard InChI is InChI=1S/C13H14N2O3/c1-3-17-11-6-4-10(5-7-11)14-8-12-9(2)15-18-13(12)16/h4-8,15H,3H2,1-2H3. The molecule has 0 spiro atoms. The van der Waals surface area contributed by atoms with Crippen LogP contribution in [0.3, 0.4) is 0 Å². The van der Waals surface area contributed by atoms with Crippen LogP contribution >= 0.6 is 0 Å². The van der Waals surface area contributed by atoms with Crippen molar-refractivity contribution in [3.63, 3.8) is 0 Å². The lowest BCUT2D eigenvalue weighted by molar-refractivity contribution is 0.340. The SMILES string of the molecule is CCOc1ccc(N=Cc2c(C)[nH]oc2=O)cc1. The van der Waals surface area contributed by atoms with Crippen molar-refractivity contribution in [1.82, 2.24) is 5.16 Å². The molecule has 0 saturated heterocycles. The second-order valence-corrected chi connectivity index (χ2v) is 3.72. The Morgan fingerprint density at radius 1 is 1.39 bits per heavy atom. The number of H-pyrrole nitrogens is 1. The van der Waals surface area contributed by atoms with E-state index in [0.29, 0.717) is 17.9 Å². The van der Waals surface area contributed by atoms with Gasteiger partial charge in [0.15, 0.2) is 0 Å². The number of nitrogens with zero attached hydrogens (tertiary/aromatic N) is 1. The summed E-state index contributed by atoms with van der Waals surface area (Å²) in [6.45, 7) is 4.32. The fraction of sp³-hybridized carbons (Fsp3) is 0.231. The smallest absolute Gasteiger partial charge is 0.366 e. The van der Waals surface area contributed by atoms with Gasteiger partial charge in [-0.3, -0.25) is 4.99 Å². The predicted molar refractivity (Wildman–Crippen MR) is 68.9 cm³/mol. The molecule has 0 amide bonds. The molecule has 2 rings (SSSR count). The lowest BCUT2D eigenvalue weighted by Gasteiger charge is -2.01. The molecule has 0 bridgehead atoms. The van der Waals surface area contributed by atoms with Crippen LogP contribution in [-0.4, -0.2) is 18.0 Å². The molecule has 1 heterocycles. The van der Waals surface area contributed by atoms with Gasteiger partial charge in [-0.2, -0.15) is 0 Å². The molecule has 0 atom stereocenters. The fourth-order valence-electron chi connectivity index (χ4n) is 1.47. The normalized spacial score (nSPS) is 11.0. The van der Waals surface area contributed by atoms with Crippen molar-refractivity contribution < 1.29 is 9.26 Å². The molecule has 1 N–H and O–H groups in total. The van der Waals surface area contributed by atoms with Crippen molar-refractivity contribution in [3.05, 3.63) is 45.9 Å². The number of rotatable bonds is 4. The summed E-state index contributed by atoms with van der Waals surface area (Å²) in [6.07, 6.45) is 1.49. The van der Waals surface area contributed by atoms with Gasteiger partial charge in [-0.15, -0.1) is 0 Å². The van der Waals surface area contributed by atoms with Gasteiger partial charge in [0, 0.05) is 6.21 Å². The number of aryl methyl sites for hydroxylation is 1. The second-order valence-electron chi connectivity index (χ2n) is 3.72. The first-order valence-electron chi connectivity index (χ1n) is 5.65. The van der Waals surface area contributed by atoms with Crippen molar-refractivity contribution in [3.8, 4) is 5.75 Å². The van der Waals surface area contributed by atoms with E-state index in [9.17, 15) is 4.79 Å². The third-order valence-electron chi connectivity index (χ3n) is 2.41. The molecular formula is C13H14N2O3. The summed E-state index contributed by atoms with van der Waals surface area (Å²) < 4.78 is 9.97. The van der Waals surface area contributed by atoms with E-state index in [2.05, 4.69) is 14.7 Å². The summed E-state index contributed by atoms with van der Waals surface area (Å²) in [5.41, 5.74) is 1.43. The Hall–Kier alpha value is -2.30. The lowest BCUT2D eigenvalue weighted by Crippen LogP contribution is -2.00. The van der Waals surface area contributed by atoms with E-state index in [1.807, 2.05) is 31.2 Å². The summed E-state index contributed by atoms with van der Waals surface area (Å²) >= 11 is 0. The quantitative estimate of drug-likeness (QED) is 0.842. The Kier molecular flexibility index (Phi) is 3.62. The van der Waals surface area contributed by atoms with Crippen molar-refractivity contribution in [1.29, 1.82) is 0 Å². The van der Waals surface area contributed by atoms with E-state index in [4.69, 9.17) is 4.74 Å². The maximum absolute atomic E-state index is 11.3. The first kappa shape index (κ1) is 12.2. The van der Waals surface area contributed by atoms with Crippen LogP contribution in [0.1, 0.15) is 18.2 Å². The molecule has 0 aliphatic heterocycles. The maximum atomic E-state index is 11.3. The highest BCUT2D eigenvalue weighted by Crippen LogP contribution is 2.17. The largest absolute Gasteiger partial charge is 0.494 e. The topological polar surface area (TPSA) is 67.6 Å². The average Bonchev–Trinajstić information content (AvgIpc) is 2.69. The molecule has 5 heteroatoms. The molecule has 2 aromatic rings. The van der Waals surface area contributed by atoms with E-state index in [-0.39, 0.29) is 0 Å². The number of aromatic nitrogens is 1. The molecule has 0 fully saturated rings. The van der Waals surface area contributed by atoms with Gasteiger partial charge < -0.3 is 9.26 Å². The van der Waals surface area contributed by atoms with Gasteiger partial charge in [0.05, 0.1) is 18.0 Å². The number of ether oxygens (including phenoxy) is 1. The average molecular weight is 246 g/mol. The number of hydrogen-bond acceptors (Lipinski definition) is 4. The Morgan fingerprint density at radius 2 is 2.11 bits per heavy atom. The number of aromatic amines is 1. The summed E-state index contributed by atoms with van der Waals surface area (Å²) in [6, 6.07) is 7.32. The molecule has 0 aliphatic carbocycles. The van der Waals surface area contributed by atoms with E-state index in [0.717, 1.165) is 11.4 Å². The second kappa shape index (κ2) is 5.35. The number of hydrogen-bond donors (Lipinski definition) is 1. The summed E-state index contributed by atoms with van der Waals surface area (Å²) in [5.74, 6) is 0.800. The highest BCUT2D eigenvalue weighted by molar-refractivity contribution is 5.82. The van der Waals surface area contributed by atoms with Crippen molar-refractivity contribution in [2.75, 3.05) is 6.61 Å². The van der Waals surface area contributed by atoms with Crippen LogP contribution in [0, 0.1) is 6.92 Å². The third kappa shape index (κ3) is 2.68. The van der Waals surface area contributed by atoms with Crippen LogP contribution in [0.5, 0.6) is 5.75 Å². The van der Waals surface area contributed by atoms with E-state index in [1.165, 1.54) is 6.21 Å². The molecule has 5 nitrogen and oxygen atoms in total. The number of benzene rings is 1. The van der Waals surface area contributed by atoms with Crippen LogP contribution in [0.2, 0.25) is 0 Å². The van der Waals surface area contributed by atoms with Crippen LogP contribution in [0.25, 0.3) is 0 Å². The van der Waals surface area contributed by atoms with Crippen LogP contribution < -0.4 is 10.4 Å². The van der Waals surface area contributed by atoms with Gasteiger partial charge in [-0.1, -0.05) is 0 Å².